The number of aliphatic hydroxyl groups excluding tert-OH is 1. The van der Waals surface area contributed by atoms with Crippen LogP contribution in [-0.2, 0) is 4.79 Å². The summed E-state index contributed by atoms with van der Waals surface area (Å²) in [5.74, 6) is -0.938. The lowest BCUT2D eigenvalue weighted by molar-refractivity contribution is -0.143. The number of aliphatic hydroxyl groups is 1. The largest absolute Gasteiger partial charge is 0.480 e. The third kappa shape index (κ3) is 3.65. The molecule has 2 saturated heterocycles. The van der Waals surface area contributed by atoms with E-state index in [0.717, 1.165) is 12.8 Å². The highest BCUT2D eigenvalue weighted by Crippen LogP contribution is 2.24. The molecule has 7 nitrogen and oxygen atoms in total. The number of likely N-dealkylation sites (N-methyl/N-ethyl adjacent to an activating group) is 1. The first kappa shape index (κ1) is 16.0. The van der Waals surface area contributed by atoms with Crippen molar-refractivity contribution in [2.24, 2.45) is 0 Å². The average molecular weight is 299 g/mol. The number of carbonyl (C=O) groups excluding carboxylic acids is 1. The highest BCUT2D eigenvalue weighted by molar-refractivity contribution is 5.83. The molecule has 0 spiro atoms. The molecule has 21 heavy (non-hydrogen) atoms. The minimum atomic E-state index is -0.938. The van der Waals surface area contributed by atoms with E-state index in [-0.39, 0.29) is 12.1 Å². The molecule has 2 fully saturated rings. The Morgan fingerprint density at radius 3 is 2.57 bits per heavy atom. The first-order valence-electron chi connectivity index (χ1n) is 7.53. The fraction of sp³-hybridized carbons (Fsp3) is 0.857. The molecule has 0 aromatic rings. The summed E-state index contributed by atoms with van der Waals surface area (Å²) in [6.07, 6.45) is 2.21. The number of hydrogen-bond donors (Lipinski definition) is 2. The molecule has 0 aliphatic carbocycles. The van der Waals surface area contributed by atoms with Gasteiger partial charge in [0.05, 0.1) is 6.10 Å². The summed E-state index contributed by atoms with van der Waals surface area (Å²) in [5.41, 5.74) is 0. The Morgan fingerprint density at radius 2 is 1.95 bits per heavy atom. The minimum Gasteiger partial charge on any atom is -0.480 e. The number of β-amino-alcohol motifs (C(OH)–C–C–N with tert-alkyl or cyclic N) is 1. The van der Waals surface area contributed by atoms with Gasteiger partial charge in [0.1, 0.15) is 6.04 Å². The molecule has 2 amide bonds. The molecular formula is C14H25N3O4. The predicted octanol–water partition coefficient (Wildman–Crippen LogP) is 0.0423. The average Bonchev–Trinajstić information content (AvgIpc) is 2.77. The standard InChI is InChI=1S/C14H25N3O4/c1-15(2)8-10-7-11(18)9-17(10)14(21)16-6-4-3-5-12(16)13(19)20/h10-12,18H,3-9H2,1-2H3,(H,19,20). The van der Waals surface area contributed by atoms with Gasteiger partial charge in [-0.15, -0.1) is 0 Å². The smallest absolute Gasteiger partial charge is 0.326 e. The Labute approximate surface area is 125 Å². The van der Waals surface area contributed by atoms with Gasteiger partial charge in [-0.05, 0) is 39.8 Å². The van der Waals surface area contributed by atoms with Crippen LogP contribution in [0.5, 0.6) is 0 Å². The molecule has 2 aliphatic rings. The second-order valence-electron chi connectivity index (χ2n) is 6.28. The number of carbonyl (C=O) groups is 2. The van der Waals surface area contributed by atoms with Crippen molar-refractivity contribution in [3.05, 3.63) is 0 Å². The second-order valence-corrected chi connectivity index (χ2v) is 6.28. The van der Waals surface area contributed by atoms with Crippen molar-refractivity contribution in [3.63, 3.8) is 0 Å². The molecule has 120 valence electrons. The Morgan fingerprint density at radius 1 is 1.24 bits per heavy atom. The highest BCUT2D eigenvalue weighted by Gasteiger charge is 2.40. The second kappa shape index (κ2) is 6.62. The summed E-state index contributed by atoms with van der Waals surface area (Å²) in [6, 6.07) is -1.03. The molecule has 3 unspecified atom stereocenters. The molecule has 0 aromatic heterocycles. The van der Waals surface area contributed by atoms with Crippen LogP contribution in [0.2, 0.25) is 0 Å². The molecule has 2 rings (SSSR count). The fourth-order valence-electron chi connectivity index (χ4n) is 3.30. The third-order valence-electron chi connectivity index (χ3n) is 4.25. The zero-order valence-corrected chi connectivity index (χ0v) is 12.7. The molecule has 0 saturated carbocycles. The SMILES string of the molecule is CN(C)CC1CC(O)CN1C(=O)N1CCCCC1C(=O)O. The lowest BCUT2D eigenvalue weighted by atomic mass is 10.0. The van der Waals surface area contributed by atoms with E-state index < -0.39 is 18.1 Å². The number of amides is 2. The fourth-order valence-corrected chi connectivity index (χ4v) is 3.30. The van der Waals surface area contributed by atoms with Crippen LogP contribution in [0.25, 0.3) is 0 Å². The number of urea groups is 1. The minimum absolute atomic E-state index is 0.0566. The van der Waals surface area contributed by atoms with Crippen LogP contribution in [0.1, 0.15) is 25.7 Å². The van der Waals surface area contributed by atoms with Gasteiger partial charge in [-0.25, -0.2) is 9.59 Å². The van der Waals surface area contributed by atoms with Crippen LogP contribution >= 0.6 is 0 Å². The molecule has 2 N–H and O–H groups in total. The zero-order valence-electron chi connectivity index (χ0n) is 12.7. The summed E-state index contributed by atoms with van der Waals surface area (Å²) in [6.45, 7) is 1.45. The lowest BCUT2D eigenvalue weighted by Crippen LogP contribution is -2.55. The maximum Gasteiger partial charge on any atom is 0.326 e. The number of carboxylic acid groups (broad SMARTS) is 1. The first-order valence-corrected chi connectivity index (χ1v) is 7.53. The number of hydrogen-bond acceptors (Lipinski definition) is 4. The molecule has 0 bridgehead atoms. The Kier molecular flexibility index (Phi) is 5.05. The molecule has 0 aromatic carbocycles. The van der Waals surface area contributed by atoms with Crippen molar-refractivity contribution in [2.75, 3.05) is 33.7 Å². The summed E-state index contributed by atoms with van der Waals surface area (Å²) >= 11 is 0. The van der Waals surface area contributed by atoms with E-state index in [9.17, 15) is 19.8 Å². The van der Waals surface area contributed by atoms with Crippen molar-refractivity contribution in [1.82, 2.24) is 14.7 Å². The number of aliphatic carboxylic acids is 1. The normalized spacial score (nSPS) is 30.0. The Hall–Kier alpha value is -1.34. The van der Waals surface area contributed by atoms with Crippen LogP contribution in [0, 0.1) is 0 Å². The van der Waals surface area contributed by atoms with Gasteiger partial charge in [0.15, 0.2) is 0 Å². The number of likely N-dealkylation sites (tertiary alicyclic amines) is 2. The van der Waals surface area contributed by atoms with Gasteiger partial charge in [-0.3, -0.25) is 0 Å². The van der Waals surface area contributed by atoms with Crippen LogP contribution in [0.15, 0.2) is 0 Å². The maximum atomic E-state index is 12.7. The number of piperidine rings is 1. The summed E-state index contributed by atoms with van der Waals surface area (Å²) in [4.78, 5) is 29.1. The maximum absolute atomic E-state index is 12.7. The van der Waals surface area contributed by atoms with Crippen molar-refractivity contribution in [1.29, 1.82) is 0 Å². The number of carboxylic acids is 1. The van der Waals surface area contributed by atoms with Crippen LogP contribution < -0.4 is 0 Å². The summed E-state index contributed by atoms with van der Waals surface area (Å²) < 4.78 is 0. The van der Waals surface area contributed by atoms with Gasteiger partial charge in [-0.1, -0.05) is 0 Å². The van der Waals surface area contributed by atoms with E-state index in [1.807, 2.05) is 19.0 Å². The van der Waals surface area contributed by atoms with Gasteiger partial charge in [0, 0.05) is 25.7 Å². The van der Waals surface area contributed by atoms with Gasteiger partial charge in [-0.2, -0.15) is 0 Å². The van der Waals surface area contributed by atoms with Crippen LogP contribution in [0.3, 0.4) is 0 Å². The summed E-state index contributed by atoms with van der Waals surface area (Å²) in [7, 11) is 3.85. The first-order chi connectivity index (χ1) is 9.90. The molecule has 2 heterocycles. The van der Waals surface area contributed by atoms with Crippen molar-refractivity contribution in [2.45, 2.75) is 43.9 Å². The van der Waals surface area contributed by atoms with E-state index in [0.29, 0.717) is 32.5 Å². The van der Waals surface area contributed by atoms with E-state index >= 15 is 0 Å². The topological polar surface area (TPSA) is 84.3 Å². The molecule has 3 atom stereocenters. The van der Waals surface area contributed by atoms with Crippen LogP contribution in [-0.4, -0.2) is 88.8 Å². The van der Waals surface area contributed by atoms with Crippen molar-refractivity contribution < 1.29 is 19.8 Å². The zero-order chi connectivity index (χ0) is 15.6. The van der Waals surface area contributed by atoms with Crippen molar-refractivity contribution in [3.8, 4) is 0 Å². The van der Waals surface area contributed by atoms with Gasteiger partial charge in [0.2, 0.25) is 0 Å². The van der Waals surface area contributed by atoms with E-state index in [4.69, 9.17) is 0 Å². The molecule has 2 aliphatic heterocycles. The third-order valence-corrected chi connectivity index (χ3v) is 4.25. The number of nitrogens with zero attached hydrogens (tertiary/aromatic N) is 3. The molecular weight excluding hydrogens is 274 g/mol. The van der Waals surface area contributed by atoms with Gasteiger partial charge >= 0.3 is 12.0 Å². The highest BCUT2D eigenvalue weighted by atomic mass is 16.4. The predicted molar refractivity (Wildman–Crippen MR) is 77.0 cm³/mol. The van der Waals surface area contributed by atoms with E-state index in [2.05, 4.69) is 0 Å². The molecule has 0 radical (unpaired) electrons. The monoisotopic (exact) mass is 299 g/mol. The van der Waals surface area contributed by atoms with Gasteiger partial charge in [0.25, 0.3) is 0 Å². The Bertz CT molecular complexity index is 402. The number of rotatable bonds is 3. The summed E-state index contributed by atoms with van der Waals surface area (Å²) in [5, 5.41) is 19.2. The van der Waals surface area contributed by atoms with Crippen LogP contribution in [0.4, 0.5) is 4.79 Å². The van der Waals surface area contributed by atoms with E-state index in [1.165, 1.54) is 4.90 Å². The van der Waals surface area contributed by atoms with Gasteiger partial charge < -0.3 is 24.9 Å². The molecule has 7 heteroatoms. The van der Waals surface area contributed by atoms with E-state index in [1.54, 1.807) is 4.90 Å². The van der Waals surface area contributed by atoms with Crippen molar-refractivity contribution >= 4 is 12.0 Å². The lowest BCUT2D eigenvalue weighted by Gasteiger charge is -2.38. The Balaban J connectivity index is 2.10. The quantitative estimate of drug-likeness (QED) is 0.769.